The summed E-state index contributed by atoms with van der Waals surface area (Å²) in [4.78, 5) is 12.0. The maximum atomic E-state index is 12.0. The van der Waals surface area contributed by atoms with E-state index < -0.39 is 0 Å². The van der Waals surface area contributed by atoms with Gasteiger partial charge < -0.3 is 15.8 Å². The Bertz CT molecular complexity index is 468. The summed E-state index contributed by atoms with van der Waals surface area (Å²) in [5, 5.41) is 2.92. The number of nitrogens with two attached hydrogens (primary N) is 1. The Morgan fingerprint density at radius 3 is 2.75 bits per heavy atom. The third kappa shape index (κ3) is 3.73. The number of carbonyl (C=O) groups is 1. The minimum Gasteiger partial charge on any atom is -0.398 e. The van der Waals surface area contributed by atoms with Crippen LogP contribution in [0.1, 0.15) is 38.7 Å². The van der Waals surface area contributed by atoms with E-state index in [0.717, 1.165) is 42.8 Å². The number of anilines is 2. The number of rotatable bonds is 6. The largest absolute Gasteiger partial charge is 0.398 e. The molecule has 1 fully saturated rings. The van der Waals surface area contributed by atoms with Crippen molar-refractivity contribution in [1.82, 2.24) is 0 Å². The zero-order valence-corrected chi connectivity index (χ0v) is 12.3. The molecule has 0 aromatic heterocycles. The second-order valence-corrected chi connectivity index (χ2v) is 5.43. The first kappa shape index (κ1) is 14.9. The van der Waals surface area contributed by atoms with E-state index in [0.29, 0.717) is 18.4 Å². The fourth-order valence-corrected chi connectivity index (χ4v) is 2.68. The third-order valence-corrected chi connectivity index (χ3v) is 3.88. The summed E-state index contributed by atoms with van der Waals surface area (Å²) in [6, 6.07) is 5.72. The van der Waals surface area contributed by atoms with Gasteiger partial charge in [0.2, 0.25) is 5.91 Å². The molecule has 1 aliphatic rings. The van der Waals surface area contributed by atoms with Crippen LogP contribution in [0.4, 0.5) is 11.4 Å². The summed E-state index contributed by atoms with van der Waals surface area (Å²) < 4.78 is 5.50. The number of nitrogen functional groups attached to an aromatic ring is 1. The fraction of sp³-hybridized carbons (Fsp3) is 0.562. The summed E-state index contributed by atoms with van der Waals surface area (Å²) in [5.74, 6) is 0.521. The maximum absolute atomic E-state index is 12.0. The van der Waals surface area contributed by atoms with E-state index in [1.165, 1.54) is 0 Å². The Labute approximate surface area is 120 Å². The van der Waals surface area contributed by atoms with Gasteiger partial charge >= 0.3 is 0 Å². The molecule has 1 aliphatic carbocycles. The molecule has 0 aliphatic heterocycles. The minimum atomic E-state index is 0.0635. The smallest absolute Gasteiger partial charge is 0.224 e. The van der Waals surface area contributed by atoms with E-state index in [1.807, 2.05) is 25.1 Å². The lowest BCUT2D eigenvalue weighted by Crippen LogP contribution is -2.33. The highest BCUT2D eigenvalue weighted by Crippen LogP contribution is 2.33. The van der Waals surface area contributed by atoms with Crippen molar-refractivity contribution in [1.29, 1.82) is 0 Å². The van der Waals surface area contributed by atoms with Crippen LogP contribution in [0.15, 0.2) is 18.2 Å². The van der Waals surface area contributed by atoms with Gasteiger partial charge in [0, 0.05) is 24.4 Å². The van der Waals surface area contributed by atoms with Crippen molar-refractivity contribution in [2.24, 2.45) is 5.92 Å². The van der Waals surface area contributed by atoms with Crippen molar-refractivity contribution >= 4 is 17.3 Å². The molecule has 1 saturated carbocycles. The topological polar surface area (TPSA) is 64.3 Å². The molecule has 4 heteroatoms. The normalized spacial score (nSPS) is 21.3. The predicted molar refractivity (Wildman–Crippen MR) is 81.6 cm³/mol. The van der Waals surface area contributed by atoms with Crippen LogP contribution in [0, 0.1) is 5.92 Å². The molecule has 1 amide bonds. The number of nitrogens with one attached hydrogen (secondary N) is 1. The van der Waals surface area contributed by atoms with Crippen LogP contribution in [0.5, 0.6) is 0 Å². The Hall–Kier alpha value is -1.55. The van der Waals surface area contributed by atoms with Crippen molar-refractivity contribution in [3.05, 3.63) is 23.8 Å². The Kier molecular flexibility index (Phi) is 5.01. The van der Waals surface area contributed by atoms with Gasteiger partial charge in [-0.3, -0.25) is 4.79 Å². The standard InChI is InChI=1S/C16H24N2O2/c1-3-12-5-6-13(10-15(12)17)18-16(19)9-11-7-14(8-11)20-4-2/h5-6,10-11,14H,3-4,7-9,17H2,1-2H3,(H,18,19). The molecule has 0 unspecified atom stereocenters. The lowest BCUT2D eigenvalue weighted by Gasteiger charge is -2.34. The first-order valence-corrected chi connectivity index (χ1v) is 7.42. The molecular formula is C16H24N2O2. The zero-order valence-electron chi connectivity index (χ0n) is 12.3. The number of amides is 1. The van der Waals surface area contributed by atoms with Crippen molar-refractivity contribution in [2.75, 3.05) is 17.7 Å². The molecular weight excluding hydrogens is 252 g/mol. The Balaban J connectivity index is 1.79. The molecule has 0 saturated heterocycles. The van der Waals surface area contributed by atoms with Crippen LogP contribution in [0.2, 0.25) is 0 Å². The number of benzene rings is 1. The van der Waals surface area contributed by atoms with E-state index in [2.05, 4.69) is 12.2 Å². The molecule has 1 aromatic rings. The van der Waals surface area contributed by atoms with Crippen LogP contribution in [0.25, 0.3) is 0 Å². The fourth-order valence-electron chi connectivity index (χ4n) is 2.68. The summed E-state index contributed by atoms with van der Waals surface area (Å²) in [6.07, 6.45) is 3.83. The monoisotopic (exact) mass is 276 g/mol. The van der Waals surface area contributed by atoms with Crippen LogP contribution in [0.3, 0.4) is 0 Å². The van der Waals surface area contributed by atoms with E-state index in [1.54, 1.807) is 0 Å². The second-order valence-electron chi connectivity index (χ2n) is 5.43. The molecule has 0 spiro atoms. The number of ether oxygens (including phenoxy) is 1. The highest BCUT2D eigenvalue weighted by molar-refractivity contribution is 5.91. The van der Waals surface area contributed by atoms with E-state index in [4.69, 9.17) is 10.5 Å². The SMILES string of the molecule is CCOC1CC(CC(=O)Nc2ccc(CC)c(N)c2)C1. The predicted octanol–water partition coefficient (Wildman–Crippen LogP) is 2.97. The first-order chi connectivity index (χ1) is 9.62. The first-order valence-electron chi connectivity index (χ1n) is 7.42. The van der Waals surface area contributed by atoms with Gasteiger partial charge in [0.25, 0.3) is 0 Å². The molecule has 0 heterocycles. The van der Waals surface area contributed by atoms with Crippen molar-refractivity contribution in [3.8, 4) is 0 Å². The number of carbonyl (C=O) groups excluding carboxylic acids is 1. The summed E-state index contributed by atoms with van der Waals surface area (Å²) in [5.41, 5.74) is 8.57. The summed E-state index contributed by atoms with van der Waals surface area (Å²) in [6.45, 7) is 4.83. The lowest BCUT2D eigenvalue weighted by molar-refractivity contribution is -0.119. The zero-order chi connectivity index (χ0) is 14.5. The van der Waals surface area contributed by atoms with Crippen LogP contribution < -0.4 is 11.1 Å². The van der Waals surface area contributed by atoms with Gasteiger partial charge in [-0.2, -0.15) is 0 Å². The highest BCUT2D eigenvalue weighted by Gasteiger charge is 2.30. The second kappa shape index (κ2) is 6.75. The van der Waals surface area contributed by atoms with Crippen molar-refractivity contribution < 1.29 is 9.53 Å². The summed E-state index contributed by atoms with van der Waals surface area (Å²) >= 11 is 0. The quantitative estimate of drug-likeness (QED) is 0.785. The van der Waals surface area contributed by atoms with Gasteiger partial charge in [-0.05, 0) is 49.8 Å². The molecule has 4 nitrogen and oxygen atoms in total. The molecule has 0 bridgehead atoms. The van der Waals surface area contributed by atoms with Gasteiger partial charge in [0.1, 0.15) is 0 Å². The van der Waals surface area contributed by atoms with Gasteiger partial charge in [-0.15, -0.1) is 0 Å². The maximum Gasteiger partial charge on any atom is 0.224 e. The minimum absolute atomic E-state index is 0.0635. The molecule has 20 heavy (non-hydrogen) atoms. The van der Waals surface area contributed by atoms with Crippen molar-refractivity contribution in [2.45, 2.75) is 45.6 Å². The van der Waals surface area contributed by atoms with Crippen LogP contribution in [-0.4, -0.2) is 18.6 Å². The van der Waals surface area contributed by atoms with Crippen LogP contribution >= 0.6 is 0 Å². The Morgan fingerprint density at radius 2 is 2.15 bits per heavy atom. The molecule has 110 valence electrons. The summed E-state index contributed by atoms with van der Waals surface area (Å²) in [7, 11) is 0. The highest BCUT2D eigenvalue weighted by atomic mass is 16.5. The average Bonchev–Trinajstić information content (AvgIpc) is 2.36. The molecule has 1 aromatic carbocycles. The van der Waals surface area contributed by atoms with E-state index in [9.17, 15) is 4.79 Å². The van der Waals surface area contributed by atoms with E-state index in [-0.39, 0.29) is 5.91 Å². The average molecular weight is 276 g/mol. The molecule has 3 N–H and O–H groups in total. The molecule has 2 rings (SSSR count). The third-order valence-electron chi connectivity index (χ3n) is 3.88. The molecule has 0 radical (unpaired) electrons. The van der Waals surface area contributed by atoms with E-state index >= 15 is 0 Å². The van der Waals surface area contributed by atoms with Gasteiger partial charge in [0.15, 0.2) is 0 Å². The number of aryl methyl sites for hydroxylation is 1. The Morgan fingerprint density at radius 1 is 1.40 bits per heavy atom. The lowest BCUT2D eigenvalue weighted by atomic mass is 9.80. The van der Waals surface area contributed by atoms with Crippen molar-refractivity contribution in [3.63, 3.8) is 0 Å². The number of hydrogen-bond acceptors (Lipinski definition) is 3. The molecule has 0 atom stereocenters. The van der Waals surface area contributed by atoms with Gasteiger partial charge in [-0.25, -0.2) is 0 Å². The van der Waals surface area contributed by atoms with Gasteiger partial charge in [-0.1, -0.05) is 13.0 Å². The van der Waals surface area contributed by atoms with Gasteiger partial charge in [0.05, 0.1) is 6.10 Å². The number of hydrogen-bond donors (Lipinski definition) is 2. The van der Waals surface area contributed by atoms with Crippen LogP contribution in [-0.2, 0) is 16.0 Å².